The van der Waals surface area contributed by atoms with Crippen molar-refractivity contribution in [2.75, 3.05) is 0 Å². The van der Waals surface area contributed by atoms with Crippen LogP contribution in [0.3, 0.4) is 0 Å². The molecule has 1 aromatic carbocycles. The molecule has 136 valence electrons. The van der Waals surface area contributed by atoms with Gasteiger partial charge in [0.15, 0.2) is 0 Å². The van der Waals surface area contributed by atoms with Gasteiger partial charge in [-0.2, -0.15) is 5.26 Å². The smallest absolute Gasteiger partial charge is 0.0991 e. The van der Waals surface area contributed by atoms with Crippen LogP contribution < -0.4 is 0 Å². The standard InChI is InChI=1S/C21H27N5/c1-21(2,3)20-14-26(24-23-20)19-10-17-7-8-18(11-19)25(17)13-16-6-4-5-15(9-16)12-22/h4-6,9,14,17-19H,7-8,10-11,13H2,1-3H3. The molecule has 5 heteroatoms. The van der Waals surface area contributed by atoms with E-state index in [9.17, 15) is 0 Å². The van der Waals surface area contributed by atoms with Gasteiger partial charge in [-0.3, -0.25) is 4.90 Å². The molecule has 0 N–H and O–H groups in total. The van der Waals surface area contributed by atoms with Crippen LogP contribution in [0.1, 0.15) is 69.3 Å². The van der Waals surface area contributed by atoms with Crippen molar-refractivity contribution >= 4 is 0 Å². The predicted octanol–water partition coefficient (Wildman–Crippen LogP) is 3.82. The Kier molecular flexibility index (Phi) is 4.32. The molecule has 2 bridgehead atoms. The van der Waals surface area contributed by atoms with Crippen LogP contribution in [0.15, 0.2) is 30.5 Å². The van der Waals surface area contributed by atoms with Crippen LogP contribution >= 0.6 is 0 Å². The van der Waals surface area contributed by atoms with Gasteiger partial charge in [0.25, 0.3) is 0 Å². The third-order valence-electron chi connectivity index (χ3n) is 5.93. The molecular formula is C21H27N5. The van der Waals surface area contributed by atoms with Crippen molar-refractivity contribution in [2.24, 2.45) is 0 Å². The van der Waals surface area contributed by atoms with Gasteiger partial charge in [-0.1, -0.05) is 38.1 Å². The summed E-state index contributed by atoms with van der Waals surface area (Å²) < 4.78 is 2.11. The van der Waals surface area contributed by atoms with Gasteiger partial charge in [-0.15, -0.1) is 5.10 Å². The zero-order chi connectivity index (χ0) is 18.3. The lowest BCUT2D eigenvalue weighted by Crippen LogP contribution is -2.43. The van der Waals surface area contributed by atoms with E-state index in [0.717, 1.165) is 30.6 Å². The van der Waals surface area contributed by atoms with E-state index in [1.54, 1.807) is 0 Å². The first-order valence-electron chi connectivity index (χ1n) is 9.61. The van der Waals surface area contributed by atoms with Gasteiger partial charge in [-0.25, -0.2) is 4.68 Å². The van der Waals surface area contributed by atoms with Crippen LogP contribution in [0.2, 0.25) is 0 Å². The highest BCUT2D eigenvalue weighted by Crippen LogP contribution is 2.41. The topological polar surface area (TPSA) is 57.7 Å². The average molecular weight is 349 g/mol. The Labute approximate surface area is 155 Å². The summed E-state index contributed by atoms with van der Waals surface area (Å²) in [6.07, 6.45) is 6.96. The molecule has 4 rings (SSSR count). The minimum atomic E-state index is 0.0453. The summed E-state index contributed by atoms with van der Waals surface area (Å²) >= 11 is 0. The van der Waals surface area contributed by atoms with Gasteiger partial charge in [0.1, 0.15) is 0 Å². The molecule has 2 saturated heterocycles. The van der Waals surface area contributed by atoms with Crippen LogP contribution in [0.5, 0.6) is 0 Å². The van der Waals surface area contributed by atoms with E-state index < -0.39 is 0 Å². The van der Waals surface area contributed by atoms with Crippen molar-refractivity contribution in [3.63, 3.8) is 0 Å². The number of rotatable bonds is 3. The molecule has 0 spiro atoms. The molecule has 0 radical (unpaired) electrons. The van der Waals surface area contributed by atoms with Crippen molar-refractivity contribution in [2.45, 2.75) is 76.5 Å². The fourth-order valence-electron chi connectivity index (χ4n) is 4.47. The first kappa shape index (κ1) is 17.2. The maximum Gasteiger partial charge on any atom is 0.0991 e. The van der Waals surface area contributed by atoms with Gasteiger partial charge < -0.3 is 0 Å². The van der Waals surface area contributed by atoms with Gasteiger partial charge in [0.05, 0.1) is 23.4 Å². The molecule has 1 aromatic heterocycles. The lowest BCUT2D eigenvalue weighted by Gasteiger charge is -2.38. The Hall–Kier alpha value is -2.19. The molecule has 2 unspecified atom stereocenters. The number of fused-ring (bicyclic) bond motifs is 2. The van der Waals surface area contributed by atoms with E-state index >= 15 is 0 Å². The lowest BCUT2D eigenvalue weighted by atomic mass is 9.93. The summed E-state index contributed by atoms with van der Waals surface area (Å²) in [6.45, 7) is 7.50. The summed E-state index contributed by atoms with van der Waals surface area (Å²) in [5.74, 6) is 0. The zero-order valence-electron chi connectivity index (χ0n) is 15.9. The number of hydrogen-bond acceptors (Lipinski definition) is 4. The highest BCUT2D eigenvalue weighted by molar-refractivity contribution is 5.32. The SMILES string of the molecule is CC(C)(C)c1cn(C2CC3CCC(C2)N3Cc2cccc(C#N)c2)nn1. The third-order valence-corrected chi connectivity index (χ3v) is 5.93. The highest BCUT2D eigenvalue weighted by Gasteiger charge is 2.41. The first-order chi connectivity index (χ1) is 12.4. The Balaban J connectivity index is 1.47. The van der Waals surface area contributed by atoms with E-state index in [1.807, 2.05) is 18.2 Å². The summed E-state index contributed by atoms with van der Waals surface area (Å²) in [7, 11) is 0. The summed E-state index contributed by atoms with van der Waals surface area (Å²) in [5, 5.41) is 18.0. The number of hydrogen-bond donors (Lipinski definition) is 0. The Morgan fingerprint density at radius 3 is 2.50 bits per heavy atom. The monoisotopic (exact) mass is 349 g/mol. The number of nitrogens with zero attached hydrogens (tertiary/aromatic N) is 5. The first-order valence-corrected chi connectivity index (χ1v) is 9.61. The molecular weight excluding hydrogens is 322 g/mol. The highest BCUT2D eigenvalue weighted by atomic mass is 15.4. The van der Waals surface area contributed by atoms with E-state index in [4.69, 9.17) is 5.26 Å². The van der Waals surface area contributed by atoms with E-state index in [0.29, 0.717) is 18.1 Å². The largest absolute Gasteiger partial charge is 0.293 e. The second kappa shape index (κ2) is 6.51. The molecule has 0 amide bonds. The molecule has 2 aromatic rings. The van der Waals surface area contributed by atoms with Crippen LogP contribution in [0.4, 0.5) is 0 Å². The second-order valence-corrected chi connectivity index (χ2v) is 8.83. The van der Waals surface area contributed by atoms with Crippen LogP contribution in [0.25, 0.3) is 0 Å². The predicted molar refractivity (Wildman–Crippen MR) is 101 cm³/mol. The van der Waals surface area contributed by atoms with E-state index in [-0.39, 0.29) is 5.41 Å². The Morgan fingerprint density at radius 1 is 1.15 bits per heavy atom. The maximum absolute atomic E-state index is 9.12. The normalized spacial score (nSPS) is 26.0. The number of piperidine rings is 1. The Morgan fingerprint density at radius 2 is 1.88 bits per heavy atom. The maximum atomic E-state index is 9.12. The second-order valence-electron chi connectivity index (χ2n) is 8.83. The van der Waals surface area contributed by atoms with E-state index in [2.05, 4.69) is 59.0 Å². The van der Waals surface area contributed by atoms with Gasteiger partial charge >= 0.3 is 0 Å². The van der Waals surface area contributed by atoms with Crippen molar-refractivity contribution in [3.05, 3.63) is 47.3 Å². The number of aromatic nitrogens is 3. The van der Waals surface area contributed by atoms with Crippen LogP contribution in [0, 0.1) is 11.3 Å². The average Bonchev–Trinajstić information content (AvgIpc) is 3.18. The van der Waals surface area contributed by atoms with Crippen molar-refractivity contribution < 1.29 is 0 Å². The van der Waals surface area contributed by atoms with Crippen molar-refractivity contribution in [3.8, 4) is 6.07 Å². The van der Waals surface area contributed by atoms with Gasteiger partial charge in [0, 0.05) is 30.2 Å². The van der Waals surface area contributed by atoms with E-state index in [1.165, 1.54) is 18.4 Å². The summed E-state index contributed by atoms with van der Waals surface area (Å²) in [4.78, 5) is 2.65. The van der Waals surface area contributed by atoms with Crippen molar-refractivity contribution in [1.29, 1.82) is 5.26 Å². The minimum Gasteiger partial charge on any atom is -0.293 e. The summed E-state index contributed by atoms with van der Waals surface area (Å²) in [5.41, 5.74) is 3.11. The third kappa shape index (κ3) is 3.26. The lowest BCUT2D eigenvalue weighted by molar-refractivity contribution is 0.0944. The number of benzene rings is 1. The Bertz CT molecular complexity index is 811. The molecule has 5 nitrogen and oxygen atoms in total. The molecule has 2 atom stereocenters. The zero-order valence-corrected chi connectivity index (χ0v) is 15.9. The quantitative estimate of drug-likeness (QED) is 0.845. The molecule has 0 aliphatic carbocycles. The van der Waals surface area contributed by atoms with Gasteiger partial charge in [-0.05, 0) is 43.4 Å². The van der Waals surface area contributed by atoms with Gasteiger partial charge in [0.2, 0.25) is 0 Å². The number of nitriles is 1. The van der Waals surface area contributed by atoms with Crippen molar-refractivity contribution in [1.82, 2.24) is 19.9 Å². The molecule has 3 heterocycles. The molecule has 0 saturated carbocycles. The minimum absolute atomic E-state index is 0.0453. The molecule has 2 fully saturated rings. The fraction of sp³-hybridized carbons (Fsp3) is 0.571. The van der Waals surface area contributed by atoms with Crippen LogP contribution in [-0.4, -0.2) is 32.0 Å². The summed E-state index contributed by atoms with van der Waals surface area (Å²) in [6, 6.07) is 11.9. The molecule has 2 aliphatic heterocycles. The molecule has 2 aliphatic rings. The van der Waals surface area contributed by atoms with Crippen LogP contribution in [-0.2, 0) is 12.0 Å². The fourth-order valence-corrected chi connectivity index (χ4v) is 4.47. The molecule has 26 heavy (non-hydrogen) atoms.